The summed E-state index contributed by atoms with van der Waals surface area (Å²) in [4.78, 5) is 13.2. The van der Waals surface area contributed by atoms with Gasteiger partial charge in [0.1, 0.15) is 5.82 Å². The normalized spacial score (nSPS) is 19.3. The molecule has 1 aliphatic heterocycles. The predicted octanol–water partition coefficient (Wildman–Crippen LogP) is 3.07. The van der Waals surface area contributed by atoms with Crippen molar-refractivity contribution in [3.8, 4) is 0 Å². The highest BCUT2D eigenvalue weighted by atomic mass is 19.1. The van der Waals surface area contributed by atoms with Gasteiger partial charge in [0.15, 0.2) is 0 Å². The van der Waals surface area contributed by atoms with Crippen LogP contribution < -0.4 is 0 Å². The molecule has 1 aliphatic rings. The van der Waals surface area contributed by atoms with Gasteiger partial charge >= 0.3 is 5.97 Å². The zero-order chi connectivity index (χ0) is 13.8. The first-order valence-electron chi connectivity index (χ1n) is 6.84. The Balaban J connectivity index is 2.08. The second-order valence-electron chi connectivity index (χ2n) is 5.09. The molecule has 1 aromatic rings. The van der Waals surface area contributed by atoms with Crippen molar-refractivity contribution in [2.24, 2.45) is 5.92 Å². The summed E-state index contributed by atoms with van der Waals surface area (Å²) >= 11 is 0. The molecule has 104 valence electrons. The first-order valence-corrected chi connectivity index (χ1v) is 6.84. The van der Waals surface area contributed by atoms with Gasteiger partial charge in [-0.15, -0.1) is 0 Å². The molecule has 0 amide bonds. The van der Waals surface area contributed by atoms with E-state index in [1.807, 2.05) is 19.1 Å². The molecule has 0 spiro atoms. The van der Waals surface area contributed by atoms with Crippen LogP contribution in [0, 0.1) is 11.7 Å². The van der Waals surface area contributed by atoms with Crippen LogP contribution in [0.3, 0.4) is 0 Å². The highest BCUT2D eigenvalue weighted by Crippen LogP contribution is 2.30. The van der Waals surface area contributed by atoms with Crippen molar-refractivity contribution in [3.63, 3.8) is 0 Å². The maximum Gasteiger partial charge on any atom is 0.306 e. The molecule has 0 radical (unpaired) electrons. The maximum atomic E-state index is 13.9. The van der Waals surface area contributed by atoms with Crippen LogP contribution in [0.25, 0.3) is 0 Å². The number of likely N-dealkylation sites (tertiary alicyclic amines) is 1. The molecule has 0 saturated carbocycles. The summed E-state index contributed by atoms with van der Waals surface area (Å²) in [6.07, 6.45) is 2.14. The Bertz CT molecular complexity index is 442. The van der Waals surface area contributed by atoms with Crippen molar-refractivity contribution in [3.05, 3.63) is 35.6 Å². The first-order chi connectivity index (χ1) is 9.13. The Hall–Kier alpha value is -1.42. The van der Waals surface area contributed by atoms with Crippen LogP contribution in [-0.4, -0.2) is 29.1 Å². The number of carboxylic acids is 1. The van der Waals surface area contributed by atoms with Crippen molar-refractivity contribution >= 4 is 5.97 Å². The third kappa shape index (κ3) is 3.13. The van der Waals surface area contributed by atoms with Gasteiger partial charge in [0.05, 0.1) is 5.92 Å². The molecular weight excluding hydrogens is 245 g/mol. The number of benzene rings is 1. The molecule has 2 rings (SSSR count). The predicted molar refractivity (Wildman–Crippen MR) is 71.4 cm³/mol. The average molecular weight is 265 g/mol. The molecule has 1 aromatic carbocycles. The van der Waals surface area contributed by atoms with E-state index in [9.17, 15) is 9.18 Å². The van der Waals surface area contributed by atoms with Gasteiger partial charge in [-0.05, 0) is 38.4 Å². The number of carbonyl (C=O) groups is 1. The van der Waals surface area contributed by atoms with Gasteiger partial charge < -0.3 is 5.11 Å². The maximum absolute atomic E-state index is 13.9. The second-order valence-corrected chi connectivity index (χ2v) is 5.09. The minimum absolute atomic E-state index is 0.0518. The van der Waals surface area contributed by atoms with Gasteiger partial charge in [-0.25, -0.2) is 4.39 Å². The smallest absolute Gasteiger partial charge is 0.306 e. The van der Waals surface area contributed by atoms with Gasteiger partial charge in [0.2, 0.25) is 0 Å². The van der Waals surface area contributed by atoms with Crippen molar-refractivity contribution in [2.45, 2.75) is 32.2 Å². The second kappa shape index (κ2) is 6.15. The summed E-state index contributed by atoms with van der Waals surface area (Å²) in [5, 5.41) is 9.00. The minimum atomic E-state index is -0.710. The third-order valence-electron chi connectivity index (χ3n) is 3.97. The lowest BCUT2D eigenvalue weighted by molar-refractivity contribution is -0.143. The molecule has 1 N–H and O–H groups in total. The molecule has 1 saturated heterocycles. The van der Waals surface area contributed by atoms with Crippen LogP contribution in [-0.2, 0) is 4.79 Å². The first kappa shape index (κ1) is 14.0. The largest absolute Gasteiger partial charge is 0.481 e. The van der Waals surface area contributed by atoms with Gasteiger partial charge in [0.25, 0.3) is 0 Å². The molecule has 0 bridgehead atoms. The molecule has 1 heterocycles. The number of aliphatic carboxylic acids is 1. The Morgan fingerprint density at radius 2 is 2.05 bits per heavy atom. The van der Waals surface area contributed by atoms with Crippen molar-refractivity contribution < 1.29 is 14.3 Å². The van der Waals surface area contributed by atoms with Crippen LogP contribution in [0.1, 0.15) is 37.8 Å². The standard InChI is InChI=1S/C15H20FNO2/c1-2-14(12-5-3-4-6-13(12)16)17-9-7-11(8-10-17)15(18)19/h3-6,11,14H,2,7-10H2,1H3,(H,18,19). The molecule has 19 heavy (non-hydrogen) atoms. The fourth-order valence-corrected chi connectivity index (χ4v) is 2.88. The summed E-state index contributed by atoms with van der Waals surface area (Å²) in [5.74, 6) is -1.12. The molecule has 1 atom stereocenters. The molecule has 1 fully saturated rings. The van der Waals surface area contributed by atoms with Gasteiger partial charge in [-0.2, -0.15) is 0 Å². The lowest BCUT2D eigenvalue weighted by Crippen LogP contribution is -2.38. The summed E-state index contributed by atoms with van der Waals surface area (Å²) in [6, 6.07) is 6.91. The van der Waals surface area contributed by atoms with Crippen LogP contribution in [0.2, 0.25) is 0 Å². The zero-order valence-corrected chi connectivity index (χ0v) is 11.2. The van der Waals surface area contributed by atoms with Crippen molar-refractivity contribution in [1.82, 2.24) is 4.90 Å². The summed E-state index contributed by atoms with van der Waals surface area (Å²) in [5.41, 5.74) is 0.721. The molecule has 1 unspecified atom stereocenters. The van der Waals surface area contributed by atoms with E-state index in [0.29, 0.717) is 12.8 Å². The number of hydrogen-bond acceptors (Lipinski definition) is 2. The van der Waals surface area contributed by atoms with E-state index in [4.69, 9.17) is 5.11 Å². The Morgan fingerprint density at radius 1 is 1.42 bits per heavy atom. The highest BCUT2D eigenvalue weighted by Gasteiger charge is 2.29. The number of nitrogens with zero attached hydrogens (tertiary/aromatic N) is 1. The molecule has 0 aromatic heterocycles. The highest BCUT2D eigenvalue weighted by molar-refractivity contribution is 5.70. The van der Waals surface area contributed by atoms with E-state index in [2.05, 4.69) is 4.90 Å². The van der Waals surface area contributed by atoms with E-state index in [1.165, 1.54) is 6.07 Å². The number of piperidine rings is 1. The Morgan fingerprint density at radius 3 is 2.58 bits per heavy atom. The van der Waals surface area contributed by atoms with Gasteiger partial charge in [0, 0.05) is 11.6 Å². The molecule has 4 heteroatoms. The van der Waals surface area contributed by atoms with Crippen molar-refractivity contribution in [2.75, 3.05) is 13.1 Å². The molecule has 0 aliphatic carbocycles. The van der Waals surface area contributed by atoms with Gasteiger partial charge in [-0.3, -0.25) is 9.69 Å². The lowest BCUT2D eigenvalue weighted by Gasteiger charge is -2.36. The Kier molecular flexibility index (Phi) is 4.53. The van der Waals surface area contributed by atoms with Crippen LogP contribution in [0.15, 0.2) is 24.3 Å². The quantitative estimate of drug-likeness (QED) is 0.909. The zero-order valence-electron chi connectivity index (χ0n) is 11.2. The van der Waals surface area contributed by atoms with Gasteiger partial charge in [-0.1, -0.05) is 25.1 Å². The average Bonchev–Trinajstić information content (AvgIpc) is 2.42. The number of rotatable bonds is 4. The molecular formula is C15H20FNO2. The minimum Gasteiger partial charge on any atom is -0.481 e. The summed E-state index contributed by atoms with van der Waals surface area (Å²) in [6.45, 7) is 3.49. The van der Waals surface area contributed by atoms with E-state index < -0.39 is 5.97 Å². The fraction of sp³-hybridized carbons (Fsp3) is 0.533. The molecule has 3 nitrogen and oxygen atoms in total. The van der Waals surface area contributed by atoms with E-state index in [1.54, 1.807) is 6.07 Å². The van der Waals surface area contributed by atoms with Crippen molar-refractivity contribution in [1.29, 1.82) is 0 Å². The number of halogens is 1. The number of hydrogen-bond donors (Lipinski definition) is 1. The van der Waals surface area contributed by atoms with E-state index >= 15 is 0 Å². The third-order valence-corrected chi connectivity index (χ3v) is 3.97. The Labute approximate surface area is 113 Å². The van der Waals surface area contributed by atoms with E-state index in [0.717, 1.165) is 25.1 Å². The lowest BCUT2D eigenvalue weighted by atomic mass is 9.93. The van der Waals surface area contributed by atoms with Crippen LogP contribution >= 0.6 is 0 Å². The monoisotopic (exact) mass is 265 g/mol. The van der Waals surface area contributed by atoms with Crippen LogP contribution in [0.5, 0.6) is 0 Å². The summed E-state index contributed by atoms with van der Waals surface area (Å²) in [7, 11) is 0. The number of carboxylic acid groups (broad SMARTS) is 1. The van der Waals surface area contributed by atoms with Crippen LogP contribution in [0.4, 0.5) is 4.39 Å². The van der Waals surface area contributed by atoms with E-state index in [-0.39, 0.29) is 17.8 Å². The summed E-state index contributed by atoms with van der Waals surface area (Å²) < 4.78 is 13.9. The fourth-order valence-electron chi connectivity index (χ4n) is 2.88. The SMILES string of the molecule is CCC(c1ccccc1F)N1CCC(C(=O)O)CC1. The topological polar surface area (TPSA) is 40.5 Å².